The van der Waals surface area contributed by atoms with E-state index in [4.69, 9.17) is 9.26 Å². The van der Waals surface area contributed by atoms with Crippen LogP contribution in [-0.2, 0) is 21.9 Å². The molecule has 184 valence electrons. The number of pyridine rings is 1. The maximum absolute atomic E-state index is 11.8. The molecule has 0 unspecified atom stereocenters. The zero-order valence-electron chi connectivity index (χ0n) is 20.3. The SMILES string of the molecule is CC(C)(C)c1nc(N2CCC([C@@H]3Cc4cc(C5=CCN(S(C)(=O)=O)CC5)ncc4O3)CC2)no1. The van der Waals surface area contributed by atoms with E-state index < -0.39 is 10.0 Å². The highest BCUT2D eigenvalue weighted by Gasteiger charge is 2.35. The van der Waals surface area contributed by atoms with Crippen molar-refractivity contribution in [2.24, 2.45) is 5.92 Å². The fourth-order valence-electron chi connectivity index (χ4n) is 4.91. The van der Waals surface area contributed by atoms with E-state index in [1.807, 2.05) is 12.3 Å². The highest BCUT2D eigenvalue weighted by Crippen LogP contribution is 2.37. The van der Waals surface area contributed by atoms with Crippen molar-refractivity contribution in [2.75, 3.05) is 37.3 Å². The summed E-state index contributed by atoms with van der Waals surface area (Å²) >= 11 is 0. The molecule has 0 N–H and O–H groups in total. The number of nitrogens with zero attached hydrogens (tertiary/aromatic N) is 5. The van der Waals surface area contributed by atoms with Crippen molar-refractivity contribution in [1.29, 1.82) is 0 Å². The number of aromatic nitrogens is 3. The summed E-state index contributed by atoms with van der Waals surface area (Å²) in [6.45, 7) is 8.89. The Hall–Kier alpha value is -2.46. The molecule has 3 aliphatic heterocycles. The zero-order valence-corrected chi connectivity index (χ0v) is 21.1. The van der Waals surface area contributed by atoms with Gasteiger partial charge in [-0.05, 0) is 42.0 Å². The summed E-state index contributed by atoms with van der Waals surface area (Å²) < 4.78 is 36.8. The molecule has 5 heterocycles. The molecule has 9 nitrogen and oxygen atoms in total. The standard InChI is InChI=1S/C24H33N5O4S/c1-24(2,3)22-26-23(27-33-22)28-9-5-17(6-10-28)20-14-18-13-19(25-15-21(18)32-20)16-7-11-29(12-8-16)34(4,30)31/h7,13,15,17,20H,5-6,8-12,14H2,1-4H3/t20-/m0/s1. The summed E-state index contributed by atoms with van der Waals surface area (Å²) in [4.78, 5) is 11.4. The van der Waals surface area contributed by atoms with Crippen LogP contribution in [0.5, 0.6) is 5.75 Å². The second-order valence-electron chi connectivity index (χ2n) is 10.6. The second kappa shape index (κ2) is 8.64. The number of hydrogen-bond acceptors (Lipinski definition) is 8. The molecule has 0 aromatic carbocycles. The summed E-state index contributed by atoms with van der Waals surface area (Å²) in [7, 11) is -3.16. The van der Waals surface area contributed by atoms with Crippen molar-refractivity contribution in [3.63, 3.8) is 0 Å². The molecule has 2 aromatic heterocycles. The van der Waals surface area contributed by atoms with Gasteiger partial charge in [0.2, 0.25) is 15.9 Å². The molecule has 1 saturated heterocycles. The Kier molecular flexibility index (Phi) is 5.92. The molecule has 3 aliphatic rings. The molecule has 1 atom stereocenters. The van der Waals surface area contributed by atoms with Gasteiger partial charge in [-0.1, -0.05) is 26.8 Å². The molecule has 5 rings (SSSR count). The van der Waals surface area contributed by atoms with Gasteiger partial charge in [0.1, 0.15) is 11.9 Å². The van der Waals surface area contributed by atoms with E-state index in [-0.39, 0.29) is 11.5 Å². The number of anilines is 1. The van der Waals surface area contributed by atoms with E-state index in [1.54, 1.807) is 0 Å². The van der Waals surface area contributed by atoms with E-state index in [2.05, 4.69) is 46.9 Å². The second-order valence-corrected chi connectivity index (χ2v) is 12.6. The Morgan fingerprint density at radius 1 is 1.15 bits per heavy atom. The number of rotatable bonds is 4. The number of ether oxygens (including phenoxy) is 1. The normalized spacial score (nSPS) is 22.4. The smallest absolute Gasteiger partial charge is 0.266 e. The van der Waals surface area contributed by atoms with Gasteiger partial charge in [0, 0.05) is 43.6 Å². The van der Waals surface area contributed by atoms with Crippen LogP contribution >= 0.6 is 0 Å². The molecule has 0 aliphatic carbocycles. The lowest BCUT2D eigenvalue weighted by atomic mass is 9.89. The number of hydrogen-bond donors (Lipinski definition) is 0. The van der Waals surface area contributed by atoms with E-state index in [0.717, 1.165) is 49.4 Å². The Balaban J connectivity index is 1.19. The number of fused-ring (bicyclic) bond motifs is 1. The van der Waals surface area contributed by atoms with Gasteiger partial charge in [0.05, 0.1) is 18.1 Å². The molecule has 0 amide bonds. The van der Waals surface area contributed by atoms with E-state index >= 15 is 0 Å². The topological polar surface area (TPSA) is 102 Å². The Morgan fingerprint density at radius 2 is 1.91 bits per heavy atom. The molecule has 0 bridgehead atoms. The Bertz CT molecular complexity index is 1190. The van der Waals surface area contributed by atoms with Crippen LogP contribution in [0.3, 0.4) is 0 Å². The molecule has 0 spiro atoms. The van der Waals surface area contributed by atoms with Gasteiger partial charge in [0.15, 0.2) is 0 Å². The van der Waals surface area contributed by atoms with Crippen molar-refractivity contribution < 1.29 is 17.7 Å². The first-order chi connectivity index (χ1) is 16.1. The predicted molar refractivity (Wildman–Crippen MR) is 129 cm³/mol. The van der Waals surface area contributed by atoms with Crippen LogP contribution in [0, 0.1) is 5.92 Å². The molecule has 0 saturated carbocycles. The third-order valence-electron chi connectivity index (χ3n) is 7.02. The van der Waals surface area contributed by atoms with E-state index in [9.17, 15) is 8.42 Å². The highest BCUT2D eigenvalue weighted by molar-refractivity contribution is 7.88. The van der Waals surface area contributed by atoms with Crippen molar-refractivity contribution in [2.45, 2.75) is 58.0 Å². The first kappa shape index (κ1) is 23.3. The summed E-state index contributed by atoms with van der Waals surface area (Å²) in [6.07, 6.45) is 8.82. The largest absolute Gasteiger partial charge is 0.488 e. The van der Waals surface area contributed by atoms with Crippen molar-refractivity contribution in [3.8, 4) is 5.75 Å². The van der Waals surface area contributed by atoms with Crippen LogP contribution in [0.2, 0.25) is 0 Å². The lowest BCUT2D eigenvalue weighted by molar-refractivity contribution is 0.138. The Labute approximate surface area is 201 Å². The minimum atomic E-state index is -3.16. The first-order valence-corrected chi connectivity index (χ1v) is 13.8. The third kappa shape index (κ3) is 4.70. The maximum Gasteiger partial charge on any atom is 0.266 e. The van der Waals surface area contributed by atoms with Gasteiger partial charge in [-0.2, -0.15) is 9.29 Å². The maximum atomic E-state index is 11.8. The molecule has 2 aromatic rings. The summed E-state index contributed by atoms with van der Waals surface area (Å²) in [5, 5.41) is 4.19. The van der Waals surface area contributed by atoms with Crippen LogP contribution in [0.1, 0.15) is 57.2 Å². The minimum absolute atomic E-state index is 0.152. The lowest BCUT2D eigenvalue weighted by Crippen LogP contribution is -2.39. The number of sulfonamides is 1. The van der Waals surface area contributed by atoms with E-state index in [1.165, 1.54) is 16.1 Å². The summed E-state index contributed by atoms with van der Waals surface area (Å²) in [5.41, 5.74) is 3.07. The fourth-order valence-corrected chi connectivity index (χ4v) is 5.68. The van der Waals surface area contributed by atoms with Crippen LogP contribution in [0.25, 0.3) is 5.57 Å². The summed E-state index contributed by atoms with van der Waals surface area (Å²) in [6, 6.07) is 2.12. The Morgan fingerprint density at radius 3 is 2.53 bits per heavy atom. The van der Waals surface area contributed by atoms with Gasteiger partial charge in [-0.25, -0.2) is 8.42 Å². The van der Waals surface area contributed by atoms with Gasteiger partial charge >= 0.3 is 0 Å². The molecule has 0 radical (unpaired) electrons. The predicted octanol–water partition coefficient (Wildman–Crippen LogP) is 3.03. The van der Waals surface area contributed by atoms with Crippen LogP contribution in [0.15, 0.2) is 22.9 Å². The highest BCUT2D eigenvalue weighted by atomic mass is 32.2. The van der Waals surface area contributed by atoms with Gasteiger partial charge in [0.25, 0.3) is 5.95 Å². The fraction of sp³-hybridized carbons (Fsp3) is 0.625. The average Bonchev–Trinajstić information content (AvgIpc) is 3.46. The quantitative estimate of drug-likeness (QED) is 0.649. The summed E-state index contributed by atoms with van der Waals surface area (Å²) in [5.74, 6) is 2.69. The van der Waals surface area contributed by atoms with Crippen LogP contribution in [-0.4, -0.2) is 66.4 Å². The number of piperidine rings is 1. The van der Waals surface area contributed by atoms with Gasteiger partial charge in [-0.3, -0.25) is 4.98 Å². The molecular weight excluding hydrogens is 454 g/mol. The van der Waals surface area contributed by atoms with Crippen LogP contribution < -0.4 is 9.64 Å². The van der Waals surface area contributed by atoms with Gasteiger partial charge in [-0.15, -0.1) is 0 Å². The van der Waals surface area contributed by atoms with Crippen LogP contribution in [0.4, 0.5) is 5.95 Å². The monoisotopic (exact) mass is 487 g/mol. The van der Waals surface area contributed by atoms with Gasteiger partial charge < -0.3 is 14.2 Å². The average molecular weight is 488 g/mol. The molecule has 1 fully saturated rings. The molecule has 34 heavy (non-hydrogen) atoms. The van der Waals surface area contributed by atoms with Crippen molar-refractivity contribution in [1.82, 2.24) is 19.4 Å². The third-order valence-corrected chi connectivity index (χ3v) is 8.29. The van der Waals surface area contributed by atoms with Crippen molar-refractivity contribution in [3.05, 3.63) is 35.5 Å². The minimum Gasteiger partial charge on any atom is -0.488 e. The molecule has 10 heteroatoms. The zero-order chi connectivity index (χ0) is 24.1. The van der Waals surface area contributed by atoms with Crippen molar-refractivity contribution >= 4 is 21.5 Å². The van der Waals surface area contributed by atoms with E-state index in [0.29, 0.717) is 37.3 Å². The molecular formula is C24H33N5O4S. The lowest BCUT2D eigenvalue weighted by Gasteiger charge is -2.33. The first-order valence-electron chi connectivity index (χ1n) is 12.0.